The van der Waals surface area contributed by atoms with E-state index in [-0.39, 0.29) is 12.1 Å². The van der Waals surface area contributed by atoms with Crippen LogP contribution < -0.4 is 5.32 Å². The Hall–Kier alpha value is -3.14. The number of benzene rings is 2. The largest absolute Gasteiger partial charge is 0.327 e. The molecule has 0 saturated carbocycles. The van der Waals surface area contributed by atoms with Crippen LogP contribution in [0.15, 0.2) is 79.0 Å². The van der Waals surface area contributed by atoms with E-state index in [1.54, 1.807) is 11.1 Å². The van der Waals surface area contributed by atoms with Gasteiger partial charge in [0.1, 0.15) is 0 Å². The van der Waals surface area contributed by atoms with Crippen LogP contribution in [0, 0.1) is 0 Å². The summed E-state index contributed by atoms with van der Waals surface area (Å²) in [6.45, 7) is 1.16. The number of nitrogens with one attached hydrogen (secondary N) is 1. The van der Waals surface area contributed by atoms with Crippen LogP contribution in [0.1, 0.15) is 28.4 Å². The summed E-state index contributed by atoms with van der Waals surface area (Å²) in [5.41, 5.74) is 4.23. The number of pyridine rings is 1. The standard InChI is InChI=1S/C21H19N3O/c25-21(24-14-18-12-7-13-22-19(18)15-24)23-20(16-8-3-1-4-9-16)17-10-5-2-6-11-17/h1-13,20H,14-15H2,(H,23,25). The lowest BCUT2D eigenvalue weighted by Gasteiger charge is -2.24. The summed E-state index contributed by atoms with van der Waals surface area (Å²) in [7, 11) is 0. The molecule has 4 heteroatoms. The third kappa shape index (κ3) is 3.24. The minimum Gasteiger partial charge on any atom is -0.327 e. The van der Waals surface area contributed by atoms with E-state index in [1.807, 2.05) is 72.8 Å². The van der Waals surface area contributed by atoms with E-state index in [0.717, 1.165) is 22.4 Å². The van der Waals surface area contributed by atoms with E-state index in [2.05, 4.69) is 10.3 Å². The molecule has 1 aliphatic heterocycles. The van der Waals surface area contributed by atoms with E-state index in [0.29, 0.717) is 13.1 Å². The first kappa shape index (κ1) is 15.4. The molecule has 2 aromatic carbocycles. The molecular weight excluding hydrogens is 310 g/mol. The summed E-state index contributed by atoms with van der Waals surface area (Å²) in [6, 6.07) is 23.8. The van der Waals surface area contributed by atoms with Crippen LogP contribution in [0.5, 0.6) is 0 Å². The van der Waals surface area contributed by atoms with Crippen molar-refractivity contribution in [2.75, 3.05) is 0 Å². The Kier molecular flexibility index (Phi) is 4.17. The molecule has 0 spiro atoms. The number of hydrogen-bond donors (Lipinski definition) is 1. The van der Waals surface area contributed by atoms with Crippen LogP contribution >= 0.6 is 0 Å². The molecule has 1 aromatic heterocycles. The Morgan fingerprint density at radius 1 is 0.880 bits per heavy atom. The van der Waals surface area contributed by atoms with Gasteiger partial charge in [-0.2, -0.15) is 0 Å². The second kappa shape index (κ2) is 6.77. The minimum atomic E-state index is -0.174. The number of hydrogen-bond acceptors (Lipinski definition) is 2. The molecule has 1 aliphatic rings. The average Bonchev–Trinajstić information content (AvgIpc) is 3.12. The van der Waals surface area contributed by atoms with Crippen LogP contribution in [-0.4, -0.2) is 15.9 Å². The first-order valence-electron chi connectivity index (χ1n) is 8.39. The van der Waals surface area contributed by atoms with Gasteiger partial charge in [0.15, 0.2) is 0 Å². The highest BCUT2D eigenvalue weighted by atomic mass is 16.2. The zero-order valence-corrected chi connectivity index (χ0v) is 13.8. The highest BCUT2D eigenvalue weighted by Crippen LogP contribution is 2.24. The molecule has 2 heterocycles. The molecule has 0 radical (unpaired) electrons. The second-order valence-corrected chi connectivity index (χ2v) is 6.17. The molecule has 0 atom stereocenters. The van der Waals surface area contributed by atoms with Crippen LogP contribution in [-0.2, 0) is 13.1 Å². The summed E-state index contributed by atoms with van der Waals surface area (Å²) in [4.78, 5) is 19.0. The Morgan fingerprint density at radius 2 is 1.52 bits per heavy atom. The lowest BCUT2D eigenvalue weighted by atomic mass is 9.99. The zero-order valence-electron chi connectivity index (χ0n) is 13.8. The fourth-order valence-corrected chi connectivity index (χ4v) is 3.21. The fraction of sp³-hybridized carbons (Fsp3) is 0.143. The van der Waals surface area contributed by atoms with Gasteiger partial charge in [0.05, 0.1) is 18.3 Å². The number of rotatable bonds is 3. The number of aromatic nitrogens is 1. The van der Waals surface area contributed by atoms with Gasteiger partial charge in [-0.15, -0.1) is 0 Å². The smallest absolute Gasteiger partial charge is 0.318 e. The van der Waals surface area contributed by atoms with Gasteiger partial charge in [-0.25, -0.2) is 4.79 Å². The third-order valence-corrected chi connectivity index (χ3v) is 4.51. The highest BCUT2D eigenvalue weighted by molar-refractivity contribution is 5.76. The molecule has 0 bridgehead atoms. The maximum Gasteiger partial charge on any atom is 0.318 e. The van der Waals surface area contributed by atoms with Gasteiger partial charge in [0.2, 0.25) is 0 Å². The van der Waals surface area contributed by atoms with E-state index < -0.39 is 0 Å². The normalized spacial score (nSPS) is 12.9. The van der Waals surface area contributed by atoms with Crippen molar-refractivity contribution in [1.29, 1.82) is 0 Å². The monoisotopic (exact) mass is 329 g/mol. The third-order valence-electron chi connectivity index (χ3n) is 4.51. The van der Waals surface area contributed by atoms with Crippen molar-refractivity contribution in [1.82, 2.24) is 15.2 Å². The molecule has 0 saturated heterocycles. The molecule has 3 aromatic rings. The predicted molar refractivity (Wildman–Crippen MR) is 96.7 cm³/mol. The van der Waals surface area contributed by atoms with E-state index in [1.165, 1.54) is 0 Å². The number of urea groups is 1. The molecule has 1 N–H and O–H groups in total. The molecule has 124 valence electrons. The molecule has 0 unspecified atom stereocenters. The molecule has 4 rings (SSSR count). The highest BCUT2D eigenvalue weighted by Gasteiger charge is 2.26. The van der Waals surface area contributed by atoms with Crippen LogP contribution in [0.2, 0.25) is 0 Å². The Balaban J connectivity index is 1.56. The van der Waals surface area contributed by atoms with Gasteiger partial charge < -0.3 is 10.2 Å². The van der Waals surface area contributed by atoms with E-state index >= 15 is 0 Å². The predicted octanol–water partition coefficient (Wildman–Crippen LogP) is 3.90. The first-order valence-corrected chi connectivity index (χ1v) is 8.39. The van der Waals surface area contributed by atoms with Crippen LogP contribution in [0.3, 0.4) is 0 Å². The number of carbonyl (C=O) groups excluding carboxylic acids is 1. The van der Waals surface area contributed by atoms with Crippen molar-refractivity contribution in [2.24, 2.45) is 0 Å². The second-order valence-electron chi connectivity index (χ2n) is 6.17. The van der Waals surface area contributed by atoms with Crippen LogP contribution in [0.4, 0.5) is 4.79 Å². The summed E-state index contributed by atoms with van der Waals surface area (Å²) in [5, 5.41) is 3.19. The van der Waals surface area contributed by atoms with Crippen molar-refractivity contribution >= 4 is 6.03 Å². The Morgan fingerprint density at radius 3 is 2.12 bits per heavy atom. The van der Waals surface area contributed by atoms with Crippen molar-refractivity contribution in [3.05, 3.63) is 101 Å². The summed E-state index contributed by atoms with van der Waals surface area (Å²) in [6.07, 6.45) is 1.77. The number of carbonyl (C=O) groups is 1. The molecule has 0 aliphatic carbocycles. The number of nitrogens with zero attached hydrogens (tertiary/aromatic N) is 2. The van der Waals surface area contributed by atoms with Crippen LogP contribution in [0.25, 0.3) is 0 Å². The topological polar surface area (TPSA) is 45.2 Å². The lowest BCUT2D eigenvalue weighted by Crippen LogP contribution is -2.39. The molecule has 25 heavy (non-hydrogen) atoms. The number of fused-ring (bicyclic) bond motifs is 1. The van der Waals surface area contributed by atoms with Gasteiger partial charge in [0.25, 0.3) is 0 Å². The Labute approximate surface area is 147 Å². The van der Waals surface area contributed by atoms with Gasteiger partial charge in [-0.1, -0.05) is 66.7 Å². The fourth-order valence-electron chi connectivity index (χ4n) is 3.21. The van der Waals surface area contributed by atoms with Crippen molar-refractivity contribution in [2.45, 2.75) is 19.1 Å². The number of amides is 2. The van der Waals surface area contributed by atoms with Gasteiger partial charge >= 0.3 is 6.03 Å². The summed E-state index contributed by atoms with van der Waals surface area (Å²) < 4.78 is 0. The first-order chi connectivity index (χ1) is 12.3. The van der Waals surface area contributed by atoms with Gasteiger partial charge in [0, 0.05) is 12.7 Å². The molecular formula is C21H19N3O. The van der Waals surface area contributed by atoms with Crippen molar-refractivity contribution in [3.63, 3.8) is 0 Å². The summed E-state index contributed by atoms with van der Waals surface area (Å²) >= 11 is 0. The Bertz CT molecular complexity index is 800. The van der Waals surface area contributed by atoms with Crippen molar-refractivity contribution < 1.29 is 4.79 Å². The zero-order chi connectivity index (χ0) is 17.1. The van der Waals surface area contributed by atoms with E-state index in [4.69, 9.17) is 0 Å². The van der Waals surface area contributed by atoms with Gasteiger partial charge in [-0.05, 0) is 22.8 Å². The summed E-state index contributed by atoms with van der Waals surface area (Å²) in [5.74, 6) is 0. The maximum atomic E-state index is 12.9. The minimum absolute atomic E-state index is 0.0734. The maximum absolute atomic E-state index is 12.9. The molecule has 2 amide bonds. The van der Waals surface area contributed by atoms with Crippen molar-refractivity contribution in [3.8, 4) is 0 Å². The average molecular weight is 329 g/mol. The van der Waals surface area contributed by atoms with E-state index in [9.17, 15) is 4.79 Å². The molecule has 0 fully saturated rings. The van der Waals surface area contributed by atoms with Gasteiger partial charge in [-0.3, -0.25) is 4.98 Å². The quantitative estimate of drug-likeness (QED) is 0.792. The SMILES string of the molecule is O=C(NC(c1ccccc1)c1ccccc1)N1Cc2cccnc2C1. The lowest BCUT2D eigenvalue weighted by molar-refractivity contribution is 0.195. The molecule has 4 nitrogen and oxygen atoms in total.